The lowest BCUT2D eigenvalue weighted by Crippen LogP contribution is -2.57. The second-order valence-corrected chi connectivity index (χ2v) is 14.3. The monoisotopic (exact) mass is 668 g/mol. The van der Waals surface area contributed by atoms with E-state index in [0.717, 1.165) is 24.3 Å². The van der Waals surface area contributed by atoms with E-state index in [1.165, 1.54) is 4.90 Å². The Labute approximate surface area is 252 Å². The van der Waals surface area contributed by atoms with Gasteiger partial charge in [-0.2, -0.15) is 26.3 Å². The molecule has 1 saturated heterocycles. The highest BCUT2D eigenvalue weighted by Gasteiger charge is 2.74. The lowest BCUT2D eigenvalue weighted by atomic mass is 9.70. The van der Waals surface area contributed by atoms with Gasteiger partial charge in [0.25, 0.3) is 0 Å². The van der Waals surface area contributed by atoms with Gasteiger partial charge in [0.15, 0.2) is 9.84 Å². The number of benzene rings is 2. The molecule has 0 radical (unpaired) electrons. The van der Waals surface area contributed by atoms with E-state index >= 15 is 0 Å². The Morgan fingerprint density at radius 3 is 2.04 bits per heavy atom. The third kappa shape index (κ3) is 4.85. The van der Waals surface area contributed by atoms with Crippen LogP contribution < -0.4 is 5.32 Å². The number of hydrogen-bond acceptors (Lipinski definition) is 5. The van der Waals surface area contributed by atoms with Crippen LogP contribution in [0.15, 0.2) is 47.4 Å². The highest BCUT2D eigenvalue weighted by atomic mass is 32.2. The number of carboxylic acid groups (broad SMARTS) is 1. The summed E-state index contributed by atoms with van der Waals surface area (Å²) in [6.07, 6.45) is -12.4. The zero-order valence-corrected chi connectivity index (χ0v) is 24.4. The number of hydrogen-bond donors (Lipinski definition) is 2. The molecule has 45 heavy (non-hydrogen) atoms. The van der Waals surface area contributed by atoms with Crippen LogP contribution in [0, 0.1) is 17.2 Å². The Hall–Kier alpha value is -3.43. The van der Waals surface area contributed by atoms with E-state index in [0.29, 0.717) is 6.07 Å². The molecular weight excluding hydrogens is 640 g/mol. The minimum Gasteiger partial charge on any atom is -0.481 e. The van der Waals surface area contributed by atoms with Crippen molar-refractivity contribution in [1.82, 2.24) is 4.90 Å². The smallest absolute Gasteiger partial charge is 0.435 e. The predicted octanol–water partition coefficient (Wildman–Crippen LogP) is 6.09. The van der Waals surface area contributed by atoms with Crippen molar-refractivity contribution in [3.05, 3.63) is 59.4 Å². The van der Waals surface area contributed by atoms with Gasteiger partial charge in [-0.05, 0) is 68.0 Å². The topological polar surface area (TPSA) is 104 Å². The molecule has 0 aromatic heterocycles. The van der Waals surface area contributed by atoms with Gasteiger partial charge < -0.3 is 15.3 Å². The van der Waals surface area contributed by atoms with Crippen molar-refractivity contribution in [3.8, 4) is 0 Å². The maximum Gasteiger partial charge on any atom is 0.435 e. The number of nitrogens with one attached hydrogen (secondary N) is 1. The molecule has 7 nitrogen and oxygen atoms in total. The molecule has 246 valence electrons. The van der Waals surface area contributed by atoms with Crippen LogP contribution in [0.25, 0.3) is 0 Å². The number of fused-ring (bicyclic) bond motifs is 3. The molecule has 2 unspecified atom stereocenters. The van der Waals surface area contributed by atoms with E-state index in [4.69, 9.17) is 0 Å². The fourth-order valence-corrected chi connectivity index (χ4v) is 9.32. The molecule has 0 bridgehead atoms. The van der Waals surface area contributed by atoms with Crippen molar-refractivity contribution in [3.63, 3.8) is 0 Å². The van der Waals surface area contributed by atoms with E-state index in [9.17, 15) is 58.2 Å². The van der Waals surface area contributed by atoms with Crippen LogP contribution in [0.3, 0.4) is 0 Å². The zero-order valence-electron chi connectivity index (χ0n) is 23.6. The molecule has 2 aromatic rings. The van der Waals surface area contributed by atoms with E-state index in [2.05, 4.69) is 5.32 Å². The summed E-state index contributed by atoms with van der Waals surface area (Å²) in [6, 6.07) is 3.66. The molecule has 2 aromatic carbocycles. The molecule has 2 atom stereocenters. The summed E-state index contributed by atoms with van der Waals surface area (Å²) in [7, 11) is -4.65. The molecule has 16 heteroatoms. The molecule has 1 saturated carbocycles. The van der Waals surface area contributed by atoms with Gasteiger partial charge in [-0.1, -0.05) is 19.1 Å². The molecule has 1 amide bonds. The first-order valence-corrected chi connectivity index (χ1v) is 15.4. The van der Waals surface area contributed by atoms with E-state index in [1.807, 2.05) is 0 Å². The van der Waals surface area contributed by atoms with Crippen molar-refractivity contribution in [1.29, 1.82) is 0 Å². The lowest BCUT2D eigenvalue weighted by molar-refractivity contribution is -0.348. The molecule has 2 heterocycles. The molecular formula is C29H28F8N2O5S. The summed E-state index contributed by atoms with van der Waals surface area (Å²) in [5, 5.41) is 12.0. The first-order chi connectivity index (χ1) is 20.7. The quantitative estimate of drug-likeness (QED) is 0.295. The number of rotatable bonds is 5. The third-order valence-corrected chi connectivity index (χ3v) is 12.1. The average molecular weight is 669 g/mol. The summed E-state index contributed by atoms with van der Waals surface area (Å²) in [6.45, 7) is 1.02. The Balaban J connectivity index is 1.64. The number of amides is 1. The second kappa shape index (κ2) is 10.6. The molecule has 2 fully saturated rings. The Kier molecular flexibility index (Phi) is 7.73. The lowest BCUT2D eigenvalue weighted by Gasteiger charge is -2.45. The number of carbonyl (C=O) groups excluding carboxylic acids is 1. The number of nitrogens with zero attached hydrogens (tertiary/aromatic N) is 1. The molecule has 3 aliphatic rings. The van der Waals surface area contributed by atoms with Gasteiger partial charge >= 0.3 is 24.0 Å². The first kappa shape index (κ1) is 32.9. The Bertz CT molecular complexity index is 1600. The van der Waals surface area contributed by atoms with Crippen molar-refractivity contribution in [2.24, 2.45) is 11.3 Å². The van der Waals surface area contributed by atoms with E-state index < -0.39 is 90.4 Å². The maximum absolute atomic E-state index is 15.0. The molecule has 2 N–H and O–H groups in total. The SMILES string of the molecule is C[C@]1(C(=O)N2CCC3(S(=O)(=O)c4ccc(F)cc4)c4ccc(C(F)(C(F)(F)F)C(F)(F)F)cc4NCC23)CC[C@H](C(=O)O)CC1. The second-order valence-electron chi connectivity index (χ2n) is 12.1. The van der Waals surface area contributed by atoms with Crippen LogP contribution in [0.2, 0.25) is 0 Å². The van der Waals surface area contributed by atoms with Crippen molar-refractivity contribution in [2.45, 2.75) is 72.7 Å². The van der Waals surface area contributed by atoms with Gasteiger partial charge in [0.1, 0.15) is 10.6 Å². The van der Waals surface area contributed by atoms with Gasteiger partial charge in [-0.3, -0.25) is 9.59 Å². The number of sulfone groups is 1. The van der Waals surface area contributed by atoms with E-state index in [1.54, 1.807) is 6.92 Å². The number of carboxylic acids is 1. The maximum atomic E-state index is 15.0. The van der Waals surface area contributed by atoms with Crippen molar-refractivity contribution < 1.29 is 58.2 Å². The predicted molar refractivity (Wildman–Crippen MR) is 143 cm³/mol. The summed E-state index contributed by atoms with van der Waals surface area (Å²) >= 11 is 0. The Morgan fingerprint density at radius 1 is 0.933 bits per heavy atom. The van der Waals surface area contributed by atoms with Crippen LogP contribution in [0.1, 0.15) is 50.2 Å². The van der Waals surface area contributed by atoms with Crippen molar-refractivity contribution in [2.75, 3.05) is 18.4 Å². The Morgan fingerprint density at radius 2 is 1.51 bits per heavy atom. The van der Waals surface area contributed by atoms with Crippen LogP contribution in [0.5, 0.6) is 0 Å². The van der Waals surface area contributed by atoms with E-state index in [-0.39, 0.29) is 56.3 Å². The first-order valence-electron chi connectivity index (χ1n) is 14.0. The number of halogens is 8. The van der Waals surface area contributed by atoms with Gasteiger partial charge in [0.2, 0.25) is 5.91 Å². The minimum atomic E-state index is -6.40. The molecule has 5 rings (SSSR count). The van der Waals surface area contributed by atoms with Gasteiger partial charge in [-0.15, -0.1) is 0 Å². The third-order valence-electron chi connectivity index (χ3n) is 9.60. The standard InChI is InChI=1S/C29H28F8N2O5S/c1-25(10-8-16(9-11-25)23(40)41)24(42)39-13-12-26(45(43,44)19-5-3-18(30)4-6-19)20-7-2-17(14-21(20)38-15-22(26)39)27(31,28(32,33)34)29(35,36)37/h2-7,14,16,22,38H,8-13,15H2,1H3,(H,40,41)/t16-,22?,25-,26?. The largest absolute Gasteiger partial charge is 0.481 e. The number of alkyl halides is 7. The van der Waals surface area contributed by atoms with Gasteiger partial charge in [0, 0.05) is 29.8 Å². The fourth-order valence-electron chi connectivity index (χ4n) is 7.01. The number of anilines is 1. The molecule has 0 spiro atoms. The fraction of sp³-hybridized carbons (Fsp3) is 0.517. The summed E-state index contributed by atoms with van der Waals surface area (Å²) in [4.78, 5) is 26.4. The average Bonchev–Trinajstić information content (AvgIpc) is 3.37. The van der Waals surface area contributed by atoms with Crippen LogP contribution in [-0.2, 0) is 29.8 Å². The normalized spacial score (nSPS) is 27.4. The molecule has 1 aliphatic carbocycles. The number of aliphatic carboxylic acids is 1. The highest BCUT2D eigenvalue weighted by Crippen LogP contribution is 2.57. The minimum absolute atomic E-state index is 0.178. The van der Waals surface area contributed by atoms with Crippen LogP contribution >= 0.6 is 0 Å². The number of carbonyl (C=O) groups is 2. The molecule has 2 aliphatic heterocycles. The highest BCUT2D eigenvalue weighted by molar-refractivity contribution is 7.92. The summed E-state index contributed by atoms with van der Waals surface area (Å²) in [5.74, 6) is -2.91. The van der Waals surface area contributed by atoms with Crippen LogP contribution in [0.4, 0.5) is 40.8 Å². The summed E-state index contributed by atoms with van der Waals surface area (Å²) < 4.78 is 137. The van der Waals surface area contributed by atoms with Gasteiger partial charge in [-0.25, -0.2) is 17.2 Å². The van der Waals surface area contributed by atoms with Gasteiger partial charge in [0.05, 0.1) is 16.9 Å². The zero-order chi connectivity index (χ0) is 33.4. The van der Waals surface area contributed by atoms with Crippen molar-refractivity contribution >= 4 is 27.4 Å². The number of likely N-dealkylation sites (tertiary alicyclic amines) is 1. The van der Waals surface area contributed by atoms with Crippen LogP contribution in [-0.4, -0.2) is 61.8 Å². The summed E-state index contributed by atoms with van der Waals surface area (Å²) in [5.41, 5.74) is -9.41.